The van der Waals surface area contributed by atoms with Crippen LogP contribution in [0.1, 0.15) is 31.2 Å². The van der Waals surface area contributed by atoms with Crippen molar-refractivity contribution < 1.29 is 14.7 Å². The lowest BCUT2D eigenvalue weighted by molar-refractivity contribution is -0.152. The zero-order valence-electron chi connectivity index (χ0n) is 14.1. The molecule has 132 valence electrons. The summed E-state index contributed by atoms with van der Waals surface area (Å²) in [7, 11) is 0. The number of fused-ring (bicyclic) bond motifs is 1. The molecule has 1 saturated heterocycles. The number of carboxylic acids is 1. The summed E-state index contributed by atoms with van der Waals surface area (Å²) in [5.74, 6) is -1.20. The van der Waals surface area contributed by atoms with Crippen LogP contribution in [0.2, 0.25) is 0 Å². The average molecular weight is 343 g/mol. The van der Waals surface area contributed by atoms with E-state index in [1.54, 1.807) is 12.1 Å². The van der Waals surface area contributed by atoms with Crippen LogP contribution in [-0.2, 0) is 16.1 Å². The number of amides is 1. The molecule has 0 radical (unpaired) electrons. The zero-order chi connectivity index (χ0) is 18.0. The Balaban J connectivity index is 1.76. The van der Waals surface area contributed by atoms with E-state index in [1.165, 1.54) is 15.8 Å². The van der Waals surface area contributed by atoms with Gasteiger partial charge in [0.2, 0.25) is 5.91 Å². The second-order valence-corrected chi connectivity index (χ2v) is 6.40. The minimum Gasteiger partial charge on any atom is -0.480 e. The third kappa shape index (κ3) is 3.40. The fraction of sp³-hybridized carbons (Fsp3) is 0.444. The molecule has 2 heterocycles. The Labute approximate surface area is 144 Å². The number of carbonyl (C=O) groups excluding carboxylic acids is 1. The molecule has 1 aromatic carbocycles. The van der Waals surface area contributed by atoms with Crippen LogP contribution in [-0.4, -0.2) is 44.0 Å². The third-order valence-electron chi connectivity index (χ3n) is 4.73. The fourth-order valence-corrected chi connectivity index (χ4v) is 3.34. The topological polar surface area (TPSA) is 92.5 Å². The summed E-state index contributed by atoms with van der Waals surface area (Å²) in [6, 6.07) is 4.67. The number of hydrogen-bond acceptors (Lipinski definition) is 4. The predicted molar refractivity (Wildman–Crippen MR) is 92.3 cm³/mol. The van der Waals surface area contributed by atoms with Crippen molar-refractivity contribution >= 4 is 22.8 Å². The number of nitrogens with zero attached hydrogens (tertiary/aromatic N) is 3. The number of carboxylic acid groups (broad SMARTS) is 1. The van der Waals surface area contributed by atoms with Crippen molar-refractivity contribution in [3.63, 3.8) is 0 Å². The van der Waals surface area contributed by atoms with Gasteiger partial charge in [-0.1, -0.05) is 12.1 Å². The largest absolute Gasteiger partial charge is 0.480 e. The second-order valence-electron chi connectivity index (χ2n) is 6.40. The molecule has 0 bridgehead atoms. The fourth-order valence-electron chi connectivity index (χ4n) is 3.34. The quantitative estimate of drug-likeness (QED) is 0.909. The van der Waals surface area contributed by atoms with Gasteiger partial charge in [-0.2, -0.15) is 0 Å². The van der Waals surface area contributed by atoms with Crippen LogP contribution >= 0.6 is 0 Å². The molecule has 3 rings (SSSR count). The van der Waals surface area contributed by atoms with Gasteiger partial charge >= 0.3 is 5.97 Å². The van der Waals surface area contributed by atoms with Crippen LogP contribution in [0.3, 0.4) is 0 Å². The van der Waals surface area contributed by atoms with Crippen molar-refractivity contribution in [2.75, 3.05) is 6.54 Å². The van der Waals surface area contributed by atoms with Crippen molar-refractivity contribution in [3.05, 3.63) is 40.4 Å². The Kier molecular flexibility index (Phi) is 4.83. The first-order valence-electron chi connectivity index (χ1n) is 8.46. The molecule has 1 fully saturated rings. The Hall–Kier alpha value is -2.70. The van der Waals surface area contributed by atoms with Crippen LogP contribution in [0.15, 0.2) is 29.3 Å². The third-order valence-corrected chi connectivity index (χ3v) is 4.73. The summed E-state index contributed by atoms with van der Waals surface area (Å²) in [5.41, 5.74) is 1.41. The molecule has 7 heteroatoms. The number of carbonyl (C=O) groups is 2. The monoisotopic (exact) mass is 343 g/mol. The van der Waals surface area contributed by atoms with Gasteiger partial charge in [0.05, 0.1) is 17.2 Å². The Morgan fingerprint density at radius 2 is 2.12 bits per heavy atom. The van der Waals surface area contributed by atoms with Crippen LogP contribution < -0.4 is 5.56 Å². The van der Waals surface area contributed by atoms with Gasteiger partial charge in [0.1, 0.15) is 6.04 Å². The normalized spacial score (nSPS) is 17.6. The van der Waals surface area contributed by atoms with E-state index in [4.69, 9.17) is 0 Å². The molecule has 1 amide bonds. The Morgan fingerprint density at radius 1 is 1.32 bits per heavy atom. The zero-order valence-corrected chi connectivity index (χ0v) is 14.1. The molecule has 1 aromatic heterocycles. The van der Waals surface area contributed by atoms with Gasteiger partial charge in [-0.15, -0.1) is 0 Å². The van der Waals surface area contributed by atoms with Crippen molar-refractivity contribution in [2.45, 2.75) is 45.2 Å². The number of benzene rings is 1. The molecule has 0 saturated carbocycles. The van der Waals surface area contributed by atoms with E-state index in [9.17, 15) is 19.5 Å². The minimum absolute atomic E-state index is 0.0860. The van der Waals surface area contributed by atoms with Gasteiger partial charge in [0, 0.05) is 19.5 Å². The lowest BCUT2D eigenvalue weighted by atomic mass is 10.0. The molecule has 25 heavy (non-hydrogen) atoms. The molecule has 7 nitrogen and oxygen atoms in total. The highest BCUT2D eigenvalue weighted by Gasteiger charge is 2.31. The van der Waals surface area contributed by atoms with Crippen molar-refractivity contribution in [2.24, 2.45) is 0 Å². The summed E-state index contributed by atoms with van der Waals surface area (Å²) in [6.07, 6.45) is 3.65. The van der Waals surface area contributed by atoms with Crippen LogP contribution in [0.5, 0.6) is 0 Å². The first kappa shape index (κ1) is 17.1. The number of rotatable bonds is 4. The van der Waals surface area contributed by atoms with E-state index in [2.05, 4.69) is 4.98 Å². The van der Waals surface area contributed by atoms with Gasteiger partial charge < -0.3 is 10.0 Å². The maximum Gasteiger partial charge on any atom is 0.326 e. The summed E-state index contributed by atoms with van der Waals surface area (Å²) in [6.45, 7) is 2.54. The van der Waals surface area contributed by atoms with Gasteiger partial charge in [-0.05, 0) is 37.8 Å². The van der Waals surface area contributed by atoms with Crippen molar-refractivity contribution in [1.82, 2.24) is 14.5 Å². The molecule has 1 aliphatic heterocycles. The van der Waals surface area contributed by atoms with Crippen LogP contribution in [0, 0.1) is 6.92 Å². The Bertz CT molecular complexity index is 874. The molecule has 1 aliphatic rings. The summed E-state index contributed by atoms with van der Waals surface area (Å²) in [5, 5.41) is 9.80. The molecule has 1 atom stereocenters. The van der Waals surface area contributed by atoms with E-state index in [-0.39, 0.29) is 24.4 Å². The maximum atomic E-state index is 12.5. The SMILES string of the molecule is Cc1cccc2c(=O)n(CCC(=O)N3CCCCC3C(=O)O)cnc12. The first-order valence-corrected chi connectivity index (χ1v) is 8.46. The van der Waals surface area contributed by atoms with Crippen molar-refractivity contribution in [3.8, 4) is 0 Å². The number of likely N-dealkylation sites (tertiary alicyclic amines) is 1. The van der Waals surface area contributed by atoms with Crippen LogP contribution in [0.4, 0.5) is 0 Å². The lowest BCUT2D eigenvalue weighted by Gasteiger charge is -2.33. The average Bonchev–Trinajstić information content (AvgIpc) is 2.61. The number of aryl methyl sites for hydroxylation is 2. The highest BCUT2D eigenvalue weighted by Crippen LogP contribution is 2.18. The molecule has 2 aromatic rings. The van der Waals surface area contributed by atoms with Crippen LogP contribution in [0.25, 0.3) is 10.9 Å². The molecule has 1 unspecified atom stereocenters. The Morgan fingerprint density at radius 3 is 2.88 bits per heavy atom. The molecule has 0 aliphatic carbocycles. The van der Waals surface area contributed by atoms with Gasteiger partial charge in [0.25, 0.3) is 5.56 Å². The van der Waals surface area contributed by atoms with E-state index in [1.807, 2.05) is 13.0 Å². The number of aliphatic carboxylic acids is 1. The van der Waals surface area contributed by atoms with Gasteiger partial charge in [-0.25, -0.2) is 9.78 Å². The first-order chi connectivity index (χ1) is 12.0. The molecule has 0 spiro atoms. The highest BCUT2D eigenvalue weighted by molar-refractivity contribution is 5.84. The minimum atomic E-state index is -0.965. The molecular weight excluding hydrogens is 322 g/mol. The number of para-hydroxylation sites is 1. The lowest BCUT2D eigenvalue weighted by Crippen LogP contribution is -2.48. The van der Waals surface area contributed by atoms with E-state index in [0.717, 1.165) is 18.4 Å². The number of hydrogen-bond donors (Lipinski definition) is 1. The predicted octanol–water partition coefficient (Wildman–Crippen LogP) is 1.56. The maximum absolute atomic E-state index is 12.5. The van der Waals surface area contributed by atoms with Crippen molar-refractivity contribution in [1.29, 1.82) is 0 Å². The summed E-state index contributed by atoms with van der Waals surface area (Å²) >= 11 is 0. The summed E-state index contributed by atoms with van der Waals surface area (Å²) in [4.78, 5) is 42.1. The van der Waals surface area contributed by atoms with E-state index < -0.39 is 12.0 Å². The number of aromatic nitrogens is 2. The van der Waals surface area contributed by atoms with E-state index >= 15 is 0 Å². The smallest absolute Gasteiger partial charge is 0.326 e. The van der Waals surface area contributed by atoms with Gasteiger partial charge in [0.15, 0.2) is 0 Å². The number of piperidine rings is 1. The highest BCUT2D eigenvalue weighted by atomic mass is 16.4. The second kappa shape index (κ2) is 7.04. The van der Waals surface area contributed by atoms with Gasteiger partial charge in [-0.3, -0.25) is 14.2 Å². The molecular formula is C18H21N3O4. The standard InChI is InChI=1S/C18H21N3O4/c1-12-5-4-6-13-16(12)19-11-20(17(13)23)10-8-15(22)21-9-3-2-7-14(21)18(24)25/h4-6,11,14H,2-3,7-10H2,1H3,(H,24,25). The molecule has 1 N–H and O–H groups in total. The van der Waals surface area contributed by atoms with E-state index in [0.29, 0.717) is 23.9 Å². The summed E-state index contributed by atoms with van der Waals surface area (Å²) < 4.78 is 1.42.